The number of alkyl halides is 3. The van der Waals surface area contributed by atoms with E-state index in [4.69, 9.17) is 5.73 Å². The summed E-state index contributed by atoms with van der Waals surface area (Å²) in [5.74, 6) is -1.57. The second kappa shape index (κ2) is 4.94. The molecule has 0 aliphatic carbocycles. The topological polar surface area (TPSA) is 61.5 Å². The average Bonchev–Trinajstić information content (AvgIpc) is 2.15. The zero-order chi connectivity index (χ0) is 13.1. The quantitative estimate of drug-likeness (QED) is 0.659. The number of benzene rings is 1. The lowest BCUT2D eigenvalue weighted by molar-refractivity contribution is -0.274. The molecule has 0 amide bonds. The van der Waals surface area contributed by atoms with Crippen molar-refractivity contribution < 1.29 is 27.4 Å². The smallest absolute Gasteiger partial charge is 0.462 e. The molecule has 2 N–H and O–H groups in total. The van der Waals surface area contributed by atoms with E-state index in [0.717, 1.165) is 12.1 Å². The molecule has 0 bridgehead atoms. The van der Waals surface area contributed by atoms with E-state index in [2.05, 4.69) is 9.47 Å². The largest absolute Gasteiger partial charge is 0.573 e. The molecule has 17 heavy (non-hydrogen) atoms. The first-order valence-corrected chi connectivity index (χ1v) is 4.66. The second-order valence-electron chi connectivity index (χ2n) is 3.02. The fourth-order valence-corrected chi connectivity index (χ4v) is 1.13. The van der Waals surface area contributed by atoms with Crippen molar-refractivity contribution in [1.82, 2.24) is 0 Å². The van der Waals surface area contributed by atoms with Crippen LogP contribution >= 0.6 is 0 Å². The van der Waals surface area contributed by atoms with Crippen LogP contribution in [0, 0.1) is 0 Å². The number of rotatable bonds is 3. The molecule has 94 valence electrons. The molecule has 0 aliphatic heterocycles. The van der Waals surface area contributed by atoms with Crippen LogP contribution in [0.2, 0.25) is 0 Å². The molecular formula is C10H10F3NO3. The van der Waals surface area contributed by atoms with Crippen LogP contribution in [-0.2, 0) is 4.74 Å². The van der Waals surface area contributed by atoms with Crippen LogP contribution < -0.4 is 10.5 Å². The van der Waals surface area contributed by atoms with Crippen LogP contribution in [0.4, 0.5) is 18.9 Å². The van der Waals surface area contributed by atoms with Crippen LogP contribution in [0.1, 0.15) is 17.3 Å². The number of ether oxygens (including phenoxy) is 2. The summed E-state index contributed by atoms with van der Waals surface area (Å²) < 4.78 is 44.6. The molecule has 0 fully saturated rings. The maximum Gasteiger partial charge on any atom is 0.573 e. The highest BCUT2D eigenvalue weighted by Crippen LogP contribution is 2.28. The number of hydrogen-bond acceptors (Lipinski definition) is 4. The van der Waals surface area contributed by atoms with Gasteiger partial charge in [-0.05, 0) is 19.1 Å². The predicted octanol–water partition coefficient (Wildman–Crippen LogP) is 2.34. The summed E-state index contributed by atoms with van der Waals surface area (Å²) in [5.41, 5.74) is 5.05. The molecule has 1 aromatic rings. The van der Waals surface area contributed by atoms with Crippen LogP contribution in [0.3, 0.4) is 0 Å². The van der Waals surface area contributed by atoms with Gasteiger partial charge >= 0.3 is 12.3 Å². The summed E-state index contributed by atoms with van der Waals surface area (Å²) in [5, 5.41) is 0. The third-order valence-electron chi connectivity index (χ3n) is 1.73. The molecule has 4 nitrogen and oxygen atoms in total. The Bertz CT molecular complexity index is 418. The highest BCUT2D eigenvalue weighted by molar-refractivity contribution is 5.93. The normalized spacial score (nSPS) is 11.1. The summed E-state index contributed by atoms with van der Waals surface area (Å²) in [6, 6.07) is 3.32. The van der Waals surface area contributed by atoms with Gasteiger partial charge in [-0.2, -0.15) is 0 Å². The molecule has 0 atom stereocenters. The van der Waals surface area contributed by atoms with Gasteiger partial charge < -0.3 is 15.2 Å². The molecule has 0 spiro atoms. The number of carbonyl (C=O) groups excluding carboxylic acids is 1. The summed E-state index contributed by atoms with van der Waals surface area (Å²) in [4.78, 5) is 11.4. The van der Waals surface area contributed by atoms with E-state index in [1.807, 2.05) is 0 Å². The molecule has 0 heterocycles. The first-order chi connectivity index (χ1) is 7.83. The minimum Gasteiger partial charge on any atom is -0.462 e. The number of carbonyl (C=O) groups is 1. The Labute approximate surface area is 95.1 Å². The zero-order valence-electron chi connectivity index (χ0n) is 8.88. The molecular weight excluding hydrogens is 239 g/mol. The van der Waals surface area contributed by atoms with Crippen molar-refractivity contribution in [3.05, 3.63) is 23.8 Å². The van der Waals surface area contributed by atoms with Crippen molar-refractivity contribution in [2.75, 3.05) is 12.3 Å². The Kier molecular flexibility index (Phi) is 3.82. The Morgan fingerprint density at radius 1 is 1.41 bits per heavy atom. The SMILES string of the molecule is CCOC(=O)c1ccc(N)cc1OC(F)(F)F. The van der Waals surface area contributed by atoms with Crippen molar-refractivity contribution in [1.29, 1.82) is 0 Å². The second-order valence-corrected chi connectivity index (χ2v) is 3.02. The maximum absolute atomic E-state index is 12.1. The molecule has 0 saturated carbocycles. The summed E-state index contributed by atoms with van der Waals surface area (Å²) in [7, 11) is 0. The van der Waals surface area contributed by atoms with Gasteiger partial charge in [0.2, 0.25) is 0 Å². The van der Waals surface area contributed by atoms with E-state index in [9.17, 15) is 18.0 Å². The highest BCUT2D eigenvalue weighted by Gasteiger charge is 2.33. The molecule has 0 saturated heterocycles. The molecule has 1 rings (SSSR count). The number of halogens is 3. The monoisotopic (exact) mass is 249 g/mol. The molecule has 1 aromatic carbocycles. The molecule has 7 heteroatoms. The fourth-order valence-electron chi connectivity index (χ4n) is 1.13. The molecule has 0 unspecified atom stereocenters. The minimum absolute atomic E-state index is 0.0503. The van der Waals surface area contributed by atoms with E-state index < -0.39 is 18.1 Å². The first kappa shape index (κ1) is 13.1. The number of anilines is 1. The van der Waals surface area contributed by atoms with Crippen molar-refractivity contribution in [3.63, 3.8) is 0 Å². The molecule has 0 aromatic heterocycles. The summed E-state index contributed by atoms with van der Waals surface area (Å²) >= 11 is 0. The first-order valence-electron chi connectivity index (χ1n) is 4.66. The van der Waals surface area contributed by atoms with Gasteiger partial charge in [0.15, 0.2) is 0 Å². The van der Waals surface area contributed by atoms with E-state index in [1.165, 1.54) is 6.07 Å². The average molecular weight is 249 g/mol. The Balaban J connectivity index is 3.08. The molecule has 0 radical (unpaired) electrons. The number of esters is 1. The minimum atomic E-state index is -4.89. The lowest BCUT2D eigenvalue weighted by Gasteiger charge is -2.12. The van der Waals surface area contributed by atoms with Crippen molar-refractivity contribution >= 4 is 11.7 Å². The van der Waals surface area contributed by atoms with Gasteiger partial charge in [-0.3, -0.25) is 0 Å². The van der Waals surface area contributed by atoms with Crippen LogP contribution in [0.15, 0.2) is 18.2 Å². The number of nitrogen functional groups attached to an aromatic ring is 1. The number of hydrogen-bond donors (Lipinski definition) is 1. The fraction of sp³-hybridized carbons (Fsp3) is 0.300. The van der Waals surface area contributed by atoms with Gasteiger partial charge in [0.25, 0.3) is 0 Å². The predicted molar refractivity (Wildman–Crippen MR) is 53.5 cm³/mol. The lowest BCUT2D eigenvalue weighted by Crippen LogP contribution is -2.19. The van der Waals surface area contributed by atoms with Crippen molar-refractivity contribution in [2.45, 2.75) is 13.3 Å². The van der Waals surface area contributed by atoms with E-state index in [1.54, 1.807) is 6.92 Å². The van der Waals surface area contributed by atoms with E-state index in [-0.39, 0.29) is 17.9 Å². The van der Waals surface area contributed by atoms with E-state index in [0.29, 0.717) is 0 Å². The molecule has 0 aliphatic rings. The zero-order valence-corrected chi connectivity index (χ0v) is 8.88. The summed E-state index contributed by atoms with van der Waals surface area (Å²) in [6.07, 6.45) is -4.89. The Hall–Kier alpha value is -1.92. The van der Waals surface area contributed by atoms with Crippen LogP contribution in [0.5, 0.6) is 5.75 Å². The van der Waals surface area contributed by atoms with Gasteiger partial charge in [0, 0.05) is 11.8 Å². The third-order valence-corrected chi connectivity index (χ3v) is 1.73. The van der Waals surface area contributed by atoms with Crippen molar-refractivity contribution in [3.8, 4) is 5.75 Å². The highest BCUT2D eigenvalue weighted by atomic mass is 19.4. The van der Waals surface area contributed by atoms with Crippen molar-refractivity contribution in [2.24, 2.45) is 0 Å². The van der Waals surface area contributed by atoms with Gasteiger partial charge in [-0.1, -0.05) is 0 Å². The number of nitrogens with two attached hydrogens (primary N) is 1. The van der Waals surface area contributed by atoms with Gasteiger partial charge in [-0.15, -0.1) is 13.2 Å². The lowest BCUT2D eigenvalue weighted by atomic mass is 10.2. The standard InChI is InChI=1S/C10H10F3NO3/c1-2-16-9(15)7-4-3-6(14)5-8(7)17-10(11,12)13/h3-5H,2,14H2,1H3. The van der Waals surface area contributed by atoms with E-state index >= 15 is 0 Å². The summed E-state index contributed by atoms with van der Waals surface area (Å²) in [6.45, 7) is 1.59. The van der Waals surface area contributed by atoms with Crippen LogP contribution in [0.25, 0.3) is 0 Å². The Morgan fingerprint density at radius 3 is 2.59 bits per heavy atom. The van der Waals surface area contributed by atoms with Gasteiger partial charge in [-0.25, -0.2) is 4.79 Å². The van der Waals surface area contributed by atoms with Crippen LogP contribution in [-0.4, -0.2) is 18.9 Å². The van der Waals surface area contributed by atoms with Gasteiger partial charge in [0.05, 0.1) is 6.61 Å². The maximum atomic E-state index is 12.1. The Morgan fingerprint density at radius 2 is 2.06 bits per heavy atom. The van der Waals surface area contributed by atoms with Gasteiger partial charge in [0.1, 0.15) is 11.3 Å². The third kappa shape index (κ3) is 3.86.